The first kappa shape index (κ1) is 28.2. The van der Waals surface area contributed by atoms with Crippen LogP contribution in [0.25, 0.3) is 34.3 Å². The highest BCUT2D eigenvalue weighted by atomic mass is 32.2. The minimum atomic E-state index is -3.67. The van der Waals surface area contributed by atoms with Crippen LogP contribution in [-0.2, 0) is 16.4 Å². The van der Waals surface area contributed by atoms with E-state index in [-0.39, 0.29) is 46.7 Å². The van der Waals surface area contributed by atoms with Gasteiger partial charge in [0.05, 0.1) is 34.3 Å². The number of hydrogen-bond donors (Lipinski definition) is 2. The van der Waals surface area contributed by atoms with Gasteiger partial charge in [0, 0.05) is 18.7 Å². The third-order valence-electron chi connectivity index (χ3n) is 5.97. The lowest BCUT2D eigenvalue weighted by molar-refractivity contribution is 0.344. The fourth-order valence-corrected chi connectivity index (χ4v) is 5.12. The zero-order valence-electron chi connectivity index (χ0n) is 21.2. The molecule has 9 nitrogen and oxygen atoms in total. The molecule has 2 heterocycles. The van der Waals surface area contributed by atoms with E-state index in [0.29, 0.717) is 23.4 Å². The summed E-state index contributed by atoms with van der Waals surface area (Å²) in [4.78, 5) is 8.64. The number of benzene rings is 2. The van der Waals surface area contributed by atoms with Gasteiger partial charge in [-0.25, -0.2) is 27.2 Å². The minimum Gasteiger partial charge on any atom is -0.414 e. The number of anilines is 1. The van der Waals surface area contributed by atoms with Crippen LogP contribution >= 0.6 is 0 Å². The van der Waals surface area contributed by atoms with E-state index in [1.54, 1.807) is 18.2 Å². The van der Waals surface area contributed by atoms with Gasteiger partial charge in [0.15, 0.2) is 21.3 Å². The fraction of sp³-hybridized carbons (Fsp3) is 0.308. The average Bonchev–Trinajstić information content (AvgIpc) is 3.39. The summed E-state index contributed by atoms with van der Waals surface area (Å²) in [5, 5.41) is 9.90. The number of sulfone groups is 1. The van der Waals surface area contributed by atoms with E-state index in [0.717, 1.165) is 0 Å². The summed E-state index contributed by atoms with van der Waals surface area (Å²) < 4.78 is 71.2. The van der Waals surface area contributed by atoms with Gasteiger partial charge in [-0.05, 0) is 50.1 Å². The molecule has 13 heteroatoms. The number of rotatable bonds is 11. The Labute approximate surface area is 223 Å². The molecule has 0 amide bonds. The predicted molar refractivity (Wildman–Crippen MR) is 140 cm³/mol. The number of halogens is 3. The quantitative estimate of drug-likeness (QED) is 0.271. The molecule has 0 spiro atoms. The summed E-state index contributed by atoms with van der Waals surface area (Å²) in [6.45, 7) is 2.62. The van der Waals surface area contributed by atoms with Gasteiger partial charge in [0.25, 0.3) is 11.8 Å². The van der Waals surface area contributed by atoms with Crippen LogP contribution in [0.2, 0.25) is 0 Å². The van der Waals surface area contributed by atoms with Crippen LogP contribution in [0.1, 0.15) is 25.8 Å². The molecule has 2 aromatic heterocycles. The topological polar surface area (TPSA) is 137 Å². The molecule has 4 aromatic rings. The third-order valence-corrected chi connectivity index (χ3v) is 8.20. The average molecular weight is 561 g/mol. The van der Waals surface area contributed by atoms with Gasteiger partial charge in [-0.3, -0.25) is 4.39 Å². The molecular formula is C26H27F3N6O3S. The molecular weight excluding hydrogens is 533 g/mol. The summed E-state index contributed by atoms with van der Waals surface area (Å²) in [5.41, 5.74) is 7.64. The van der Waals surface area contributed by atoms with E-state index in [4.69, 9.17) is 10.2 Å². The molecule has 2 unspecified atom stereocenters. The highest BCUT2D eigenvalue weighted by molar-refractivity contribution is 7.92. The molecule has 0 saturated heterocycles. The maximum absolute atomic E-state index is 14.8. The van der Waals surface area contributed by atoms with Crippen molar-refractivity contribution < 1.29 is 26.0 Å². The molecule has 0 radical (unpaired) electrons. The standard InChI is InChI=1S/C26H27F3N6O3S/c1-15(28)12-31-13-17-3-8-20(21(29)11-17)25-34-35-26(38-25)23-24(30)32-14-22(33-23)18-4-6-19(7-5-18)39(36,37)16(2)9-10-27/h3-8,11,14-16,31H,9-10,12-13H2,1-2H3,(H2,30,32). The largest absolute Gasteiger partial charge is 0.414 e. The van der Waals surface area contributed by atoms with Crippen molar-refractivity contribution in [2.45, 2.75) is 43.1 Å². The van der Waals surface area contributed by atoms with E-state index in [9.17, 15) is 21.6 Å². The van der Waals surface area contributed by atoms with Crippen molar-refractivity contribution in [3.8, 4) is 34.3 Å². The Morgan fingerprint density at radius 3 is 2.46 bits per heavy atom. The highest BCUT2D eigenvalue weighted by Crippen LogP contribution is 2.30. The molecule has 0 bridgehead atoms. The van der Waals surface area contributed by atoms with Gasteiger partial charge in [0.1, 0.15) is 12.0 Å². The van der Waals surface area contributed by atoms with Gasteiger partial charge in [-0.2, -0.15) is 0 Å². The van der Waals surface area contributed by atoms with Gasteiger partial charge < -0.3 is 15.5 Å². The number of aromatic nitrogens is 4. The van der Waals surface area contributed by atoms with Crippen molar-refractivity contribution in [2.75, 3.05) is 19.0 Å². The number of nitrogens with zero attached hydrogens (tertiary/aromatic N) is 4. The number of nitrogens with two attached hydrogens (primary N) is 1. The molecule has 4 rings (SSSR count). The zero-order valence-corrected chi connectivity index (χ0v) is 22.1. The molecule has 2 aromatic carbocycles. The molecule has 39 heavy (non-hydrogen) atoms. The smallest absolute Gasteiger partial charge is 0.270 e. The van der Waals surface area contributed by atoms with E-state index in [1.807, 2.05) is 0 Å². The molecule has 0 aliphatic heterocycles. The zero-order chi connectivity index (χ0) is 28.2. The van der Waals surface area contributed by atoms with Gasteiger partial charge in [0.2, 0.25) is 0 Å². The number of nitrogen functional groups attached to an aromatic ring is 1. The summed E-state index contributed by atoms with van der Waals surface area (Å²) in [7, 11) is -3.67. The first-order valence-corrected chi connectivity index (χ1v) is 13.6. The van der Waals surface area contributed by atoms with Crippen LogP contribution in [0.15, 0.2) is 58.0 Å². The van der Waals surface area contributed by atoms with E-state index >= 15 is 0 Å². The van der Waals surface area contributed by atoms with Gasteiger partial charge >= 0.3 is 0 Å². The summed E-state index contributed by atoms with van der Waals surface area (Å²) >= 11 is 0. The minimum absolute atomic E-state index is 0.00261. The van der Waals surface area contributed by atoms with Gasteiger partial charge in [-0.15, -0.1) is 10.2 Å². The molecule has 2 atom stereocenters. The van der Waals surface area contributed by atoms with Crippen LogP contribution in [-0.4, -0.2) is 53.2 Å². The van der Waals surface area contributed by atoms with Crippen molar-refractivity contribution in [1.29, 1.82) is 0 Å². The van der Waals surface area contributed by atoms with Crippen LogP contribution in [0.5, 0.6) is 0 Å². The number of alkyl halides is 2. The van der Waals surface area contributed by atoms with E-state index < -0.39 is 33.8 Å². The Balaban J connectivity index is 1.56. The lowest BCUT2D eigenvalue weighted by atomic mass is 10.1. The molecule has 206 valence electrons. The van der Waals surface area contributed by atoms with Gasteiger partial charge in [-0.1, -0.05) is 18.2 Å². The fourth-order valence-electron chi connectivity index (χ4n) is 3.74. The SMILES string of the molecule is CC(F)CNCc1ccc(-c2nnc(-c3nc(-c4ccc(S(=O)(=O)C(C)CCF)cc4)cnc3N)o2)c(F)c1. The van der Waals surface area contributed by atoms with Crippen molar-refractivity contribution in [2.24, 2.45) is 0 Å². The highest BCUT2D eigenvalue weighted by Gasteiger charge is 2.23. The molecule has 3 N–H and O–H groups in total. The second kappa shape index (κ2) is 11.9. The lowest BCUT2D eigenvalue weighted by Gasteiger charge is -2.12. The normalized spacial score (nSPS) is 13.4. The Bertz CT molecular complexity index is 1550. The first-order valence-electron chi connectivity index (χ1n) is 12.1. The molecule has 0 aliphatic carbocycles. The van der Waals surface area contributed by atoms with Crippen LogP contribution in [0.3, 0.4) is 0 Å². The number of hydrogen-bond acceptors (Lipinski definition) is 9. The summed E-state index contributed by atoms with van der Waals surface area (Å²) in [5.74, 6) is -0.778. The van der Waals surface area contributed by atoms with Crippen molar-refractivity contribution in [3.63, 3.8) is 0 Å². The second-order valence-electron chi connectivity index (χ2n) is 8.98. The van der Waals surface area contributed by atoms with Crippen LogP contribution < -0.4 is 11.1 Å². The summed E-state index contributed by atoms with van der Waals surface area (Å²) in [6, 6.07) is 10.4. The Morgan fingerprint density at radius 2 is 1.79 bits per heavy atom. The molecule has 0 aliphatic rings. The Kier molecular flexibility index (Phi) is 8.60. The molecule has 0 fully saturated rings. The predicted octanol–water partition coefficient (Wildman–Crippen LogP) is 4.55. The lowest BCUT2D eigenvalue weighted by Crippen LogP contribution is -2.21. The van der Waals surface area contributed by atoms with Crippen molar-refractivity contribution in [1.82, 2.24) is 25.5 Å². The maximum Gasteiger partial charge on any atom is 0.270 e. The monoisotopic (exact) mass is 560 g/mol. The van der Waals surface area contributed by atoms with Crippen molar-refractivity contribution >= 4 is 15.7 Å². The van der Waals surface area contributed by atoms with Crippen LogP contribution in [0, 0.1) is 5.82 Å². The Hall–Kier alpha value is -3.84. The van der Waals surface area contributed by atoms with Crippen molar-refractivity contribution in [3.05, 3.63) is 60.0 Å². The van der Waals surface area contributed by atoms with E-state index in [2.05, 4.69) is 25.5 Å². The second-order valence-corrected chi connectivity index (χ2v) is 11.4. The third kappa shape index (κ3) is 6.42. The first-order chi connectivity index (χ1) is 18.6. The molecule has 0 saturated carbocycles. The summed E-state index contributed by atoms with van der Waals surface area (Å²) in [6.07, 6.45) is 0.299. The Morgan fingerprint density at radius 1 is 1.08 bits per heavy atom. The van der Waals surface area contributed by atoms with Crippen LogP contribution in [0.4, 0.5) is 19.0 Å². The van der Waals surface area contributed by atoms with E-state index in [1.165, 1.54) is 44.3 Å². The maximum atomic E-state index is 14.8. The number of nitrogens with one attached hydrogen (secondary N) is 1.